The Labute approximate surface area is 220 Å². The summed E-state index contributed by atoms with van der Waals surface area (Å²) in [7, 11) is 0. The van der Waals surface area contributed by atoms with E-state index in [9.17, 15) is 14.4 Å². The van der Waals surface area contributed by atoms with Crippen LogP contribution in [0.3, 0.4) is 0 Å². The molecule has 4 aromatic rings. The van der Waals surface area contributed by atoms with Crippen LogP contribution in [-0.4, -0.2) is 21.8 Å². The lowest BCUT2D eigenvalue weighted by Gasteiger charge is -2.23. The van der Waals surface area contributed by atoms with Gasteiger partial charge in [-0.05, 0) is 54.6 Å². The Kier molecular flexibility index (Phi) is 6.80. The first-order valence-corrected chi connectivity index (χ1v) is 11.9. The van der Waals surface area contributed by atoms with Crippen molar-refractivity contribution >= 4 is 58.2 Å². The number of amides is 2. The van der Waals surface area contributed by atoms with Gasteiger partial charge in [0.05, 0.1) is 22.2 Å². The van der Waals surface area contributed by atoms with Crippen LogP contribution in [0.4, 0.5) is 23.1 Å². The first kappa shape index (κ1) is 24.4. The van der Waals surface area contributed by atoms with Crippen LogP contribution in [0.5, 0.6) is 11.5 Å². The number of nitrogens with zero attached hydrogens (tertiary/aromatic N) is 1. The summed E-state index contributed by atoms with van der Waals surface area (Å²) >= 11 is 12.1. The van der Waals surface area contributed by atoms with E-state index in [2.05, 4.69) is 25.9 Å². The average Bonchev–Trinajstić information content (AvgIpc) is 2.87. The van der Waals surface area contributed by atoms with E-state index in [1.165, 1.54) is 6.07 Å². The Balaban J connectivity index is 1.34. The van der Waals surface area contributed by atoms with E-state index in [1.54, 1.807) is 36.4 Å². The standard InChI is InChI=1S/C26H19Cl2N5O4/c27-14-6-11-20(19(28)12-14)30-26-32-23-22(25(36)33-26)18(13-21(34)31-23)24(35)29-15-7-9-17(10-8-15)37-16-4-2-1-3-5-16/h1-12,18H,13H2,(H,29,35)(H3,30,31,32,33,34,36)/t18-/m0/s1. The van der Waals surface area contributed by atoms with Crippen LogP contribution >= 0.6 is 23.2 Å². The highest BCUT2D eigenvalue weighted by atomic mass is 35.5. The van der Waals surface area contributed by atoms with Gasteiger partial charge in [-0.25, -0.2) is 0 Å². The van der Waals surface area contributed by atoms with E-state index in [0.717, 1.165) is 0 Å². The number of nitrogens with one attached hydrogen (secondary N) is 4. The largest absolute Gasteiger partial charge is 0.457 e. The second-order valence-electron chi connectivity index (χ2n) is 8.16. The predicted octanol–water partition coefficient (Wildman–Crippen LogP) is 5.68. The molecule has 0 spiro atoms. The van der Waals surface area contributed by atoms with Crippen molar-refractivity contribution in [3.05, 3.63) is 98.8 Å². The Hall–Kier alpha value is -4.34. The molecule has 11 heteroatoms. The van der Waals surface area contributed by atoms with E-state index in [0.29, 0.717) is 32.9 Å². The Morgan fingerprint density at radius 1 is 0.973 bits per heavy atom. The number of carbonyl (C=O) groups excluding carboxylic acids is 2. The van der Waals surface area contributed by atoms with E-state index in [-0.39, 0.29) is 23.8 Å². The SMILES string of the molecule is O=C1C[C@H](C(=O)Nc2ccc(Oc3ccccc3)cc2)c2c(nc(Nc3ccc(Cl)cc3Cl)[nH]c2=O)N1. The fourth-order valence-corrected chi connectivity index (χ4v) is 4.29. The molecule has 186 valence electrons. The molecule has 1 aliphatic rings. The quantitative estimate of drug-likeness (QED) is 0.252. The second-order valence-corrected chi connectivity index (χ2v) is 9.00. The number of hydrogen-bond acceptors (Lipinski definition) is 6. The third-order valence-electron chi connectivity index (χ3n) is 5.55. The summed E-state index contributed by atoms with van der Waals surface area (Å²) in [6.45, 7) is 0. The molecular weight excluding hydrogens is 517 g/mol. The van der Waals surface area contributed by atoms with Crippen molar-refractivity contribution in [1.82, 2.24) is 9.97 Å². The lowest BCUT2D eigenvalue weighted by Crippen LogP contribution is -2.36. The van der Waals surface area contributed by atoms with Crippen LogP contribution < -0.4 is 26.2 Å². The first-order chi connectivity index (χ1) is 17.9. The Morgan fingerprint density at radius 3 is 2.43 bits per heavy atom. The summed E-state index contributed by atoms with van der Waals surface area (Å²) in [4.78, 5) is 45.3. The van der Waals surface area contributed by atoms with Gasteiger partial charge in [0.1, 0.15) is 17.3 Å². The van der Waals surface area contributed by atoms with Crippen molar-refractivity contribution in [3.63, 3.8) is 0 Å². The van der Waals surface area contributed by atoms with Crippen molar-refractivity contribution in [2.45, 2.75) is 12.3 Å². The molecular formula is C26H19Cl2N5O4. The summed E-state index contributed by atoms with van der Waals surface area (Å²) in [5.41, 5.74) is 0.432. The molecule has 5 rings (SSSR count). The molecule has 4 N–H and O–H groups in total. The molecule has 1 aromatic heterocycles. The normalized spacial score (nSPS) is 14.3. The zero-order valence-electron chi connectivity index (χ0n) is 19.0. The lowest BCUT2D eigenvalue weighted by atomic mass is 9.92. The number of aromatic amines is 1. The number of anilines is 4. The van der Waals surface area contributed by atoms with E-state index < -0.39 is 23.3 Å². The van der Waals surface area contributed by atoms with Crippen molar-refractivity contribution in [2.24, 2.45) is 0 Å². The molecule has 0 unspecified atom stereocenters. The third-order valence-corrected chi connectivity index (χ3v) is 6.10. The monoisotopic (exact) mass is 535 g/mol. The molecule has 0 bridgehead atoms. The molecule has 0 radical (unpaired) electrons. The fraction of sp³-hybridized carbons (Fsp3) is 0.0769. The highest BCUT2D eigenvalue weighted by Crippen LogP contribution is 2.32. The van der Waals surface area contributed by atoms with Crippen LogP contribution in [0.1, 0.15) is 17.9 Å². The molecule has 0 fully saturated rings. The number of fused-ring (bicyclic) bond motifs is 1. The summed E-state index contributed by atoms with van der Waals surface area (Å²) in [6, 6.07) is 20.8. The topological polar surface area (TPSA) is 125 Å². The molecule has 0 aliphatic carbocycles. The highest BCUT2D eigenvalue weighted by Gasteiger charge is 2.34. The van der Waals surface area contributed by atoms with Crippen LogP contribution in [0.2, 0.25) is 10.0 Å². The summed E-state index contributed by atoms with van der Waals surface area (Å²) in [5, 5.41) is 8.98. The fourth-order valence-electron chi connectivity index (χ4n) is 3.83. The summed E-state index contributed by atoms with van der Waals surface area (Å²) in [6.07, 6.45) is -0.200. The zero-order chi connectivity index (χ0) is 25.9. The lowest BCUT2D eigenvalue weighted by molar-refractivity contribution is -0.123. The minimum absolute atomic E-state index is 0.000606. The molecule has 9 nitrogen and oxygen atoms in total. The van der Waals surface area contributed by atoms with Gasteiger partial charge in [-0.1, -0.05) is 41.4 Å². The maximum Gasteiger partial charge on any atom is 0.258 e. The molecule has 2 amide bonds. The molecule has 3 aromatic carbocycles. The van der Waals surface area contributed by atoms with Gasteiger partial charge in [0.2, 0.25) is 17.8 Å². The number of ether oxygens (including phenoxy) is 1. The second kappa shape index (κ2) is 10.3. The minimum Gasteiger partial charge on any atom is -0.457 e. The van der Waals surface area contributed by atoms with Gasteiger partial charge in [0, 0.05) is 17.1 Å². The number of rotatable bonds is 6. The summed E-state index contributed by atoms with van der Waals surface area (Å²) < 4.78 is 5.76. The van der Waals surface area contributed by atoms with Crippen molar-refractivity contribution < 1.29 is 14.3 Å². The molecule has 1 atom stereocenters. The molecule has 2 heterocycles. The molecule has 1 aliphatic heterocycles. The van der Waals surface area contributed by atoms with Crippen LogP contribution in [0.25, 0.3) is 0 Å². The number of hydrogen-bond donors (Lipinski definition) is 4. The van der Waals surface area contributed by atoms with Gasteiger partial charge < -0.3 is 20.7 Å². The first-order valence-electron chi connectivity index (χ1n) is 11.2. The zero-order valence-corrected chi connectivity index (χ0v) is 20.6. The summed E-state index contributed by atoms with van der Waals surface area (Å²) in [5.74, 6) is -0.665. The number of H-pyrrole nitrogens is 1. The van der Waals surface area contributed by atoms with Crippen molar-refractivity contribution in [1.29, 1.82) is 0 Å². The van der Waals surface area contributed by atoms with Crippen molar-refractivity contribution in [3.8, 4) is 11.5 Å². The van der Waals surface area contributed by atoms with E-state index in [4.69, 9.17) is 27.9 Å². The molecule has 37 heavy (non-hydrogen) atoms. The number of aromatic nitrogens is 2. The minimum atomic E-state index is -1.03. The van der Waals surface area contributed by atoms with Gasteiger partial charge >= 0.3 is 0 Å². The third kappa shape index (κ3) is 5.58. The maximum atomic E-state index is 13.1. The number of benzene rings is 3. The molecule has 0 saturated carbocycles. The Morgan fingerprint density at radius 2 is 1.70 bits per heavy atom. The number of carbonyl (C=O) groups is 2. The predicted molar refractivity (Wildman–Crippen MR) is 142 cm³/mol. The van der Waals surface area contributed by atoms with Crippen molar-refractivity contribution in [2.75, 3.05) is 16.0 Å². The Bertz CT molecular complexity index is 1540. The number of para-hydroxylation sites is 1. The number of halogens is 2. The van der Waals surface area contributed by atoms with Crippen LogP contribution in [-0.2, 0) is 9.59 Å². The van der Waals surface area contributed by atoms with E-state index >= 15 is 0 Å². The average molecular weight is 536 g/mol. The van der Waals surface area contributed by atoms with Crippen LogP contribution in [0.15, 0.2) is 77.6 Å². The van der Waals surface area contributed by atoms with Gasteiger partial charge in [-0.3, -0.25) is 19.4 Å². The molecule has 0 saturated heterocycles. The van der Waals surface area contributed by atoms with Gasteiger partial charge in [-0.15, -0.1) is 0 Å². The van der Waals surface area contributed by atoms with E-state index in [1.807, 2.05) is 30.3 Å². The van der Waals surface area contributed by atoms with Crippen LogP contribution in [0, 0.1) is 0 Å². The highest BCUT2D eigenvalue weighted by molar-refractivity contribution is 6.36. The smallest absolute Gasteiger partial charge is 0.258 e. The maximum absolute atomic E-state index is 13.1. The van der Waals surface area contributed by atoms with Gasteiger partial charge in [0.15, 0.2) is 0 Å². The van der Waals surface area contributed by atoms with Gasteiger partial charge in [-0.2, -0.15) is 4.98 Å². The van der Waals surface area contributed by atoms with Gasteiger partial charge in [0.25, 0.3) is 5.56 Å².